The molecule has 0 radical (unpaired) electrons. The number of rotatable bonds is 3. The van der Waals surface area contributed by atoms with Crippen LogP contribution < -0.4 is 0 Å². The molecule has 0 aliphatic rings. The zero-order chi connectivity index (χ0) is 13.1. The van der Waals surface area contributed by atoms with Crippen molar-refractivity contribution < 1.29 is 5.11 Å². The van der Waals surface area contributed by atoms with Crippen LogP contribution in [0, 0.1) is 13.8 Å². The highest BCUT2D eigenvalue weighted by Crippen LogP contribution is 2.32. The largest absolute Gasteiger partial charge is 0.389 e. The third kappa shape index (κ3) is 2.92. The summed E-state index contributed by atoms with van der Waals surface area (Å²) in [5.41, 5.74) is 3.44. The van der Waals surface area contributed by atoms with Crippen LogP contribution in [0.25, 0.3) is 0 Å². The number of pyridine rings is 1. The Kier molecular flexibility index (Phi) is 4.04. The van der Waals surface area contributed by atoms with Crippen molar-refractivity contribution in [3.63, 3.8) is 0 Å². The number of hydrogen-bond donors (Lipinski definition) is 1. The van der Waals surface area contributed by atoms with Crippen LogP contribution in [0.4, 0.5) is 0 Å². The summed E-state index contributed by atoms with van der Waals surface area (Å²) in [6, 6.07) is 10.1. The lowest BCUT2D eigenvalue weighted by molar-refractivity contribution is 0.195. The summed E-state index contributed by atoms with van der Waals surface area (Å²) in [5.74, 6) is 0. The number of benzene rings is 1. The maximum Gasteiger partial charge on any atom is 0.106 e. The topological polar surface area (TPSA) is 33.1 Å². The molecule has 18 heavy (non-hydrogen) atoms. The average Bonchev–Trinajstić information content (AvgIpc) is 2.34. The summed E-state index contributed by atoms with van der Waals surface area (Å²) >= 11 is 1.59. The normalized spacial score (nSPS) is 12.4. The standard InChI is InChI=1S/C15H17NOS/c1-10-6-7-13(9-11(10)2)18-15-14(12(3)17)5-4-8-16-15/h4-9,12,17H,1-3H3/t12-/m1/s1. The quantitative estimate of drug-likeness (QED) is 0.907. The zero-order valence-electron chi connectivity index (χ0n) is 10.8. The van der Waals surface area contributed by atoms with Gasteiger partial charge in [-0.2, -0.15) is 0 Å². The van der Waals surface area contributed by atoms with Gasteiger partial charge in [-0.15, -0.1) is 0 Å². The Labute approximate surface area is 112 Å². The van der Waals surface area contributed by atoms with Gasteiger partial charge in [0, 0.05) is 16.7 Å². The van der Waals surface area contributed by atoms with Gasteiger partial charge >= 0.3 is 0 Å². The highest BCUT2D eigenvalue weighted by atomic mass is 32.2. The Morgan fingerprint density at radius 3 is 2.61 bits per heavy atom. The number of aliphatic hydroxyl groups excluding tert-OH is 1. The second kappa shape index (κ2) is 5.55. The molecule has 94 valence electrons. The van der Waals surface area contributed by atoms with Crippen molar-refractivity contribution in [1.29, 1.82) is 0 Å². The maximum atomic E-state index is 9.73. The summed E-state index contributed by atoms with van der Waals surface area (Å²) in [4.78, 5) is 5.50. The molecular weight excluding hydrogens is 242 g/mol. The van der Waals surface area contributed by atoms with Gasteiger partial charge < -0.3 is 5.11 Å². The van der Waals surface area contributed by atoms with Crippen molar-refractivity contribution >= 4 is 11.8 Å². The monoisotopic (exact) mass is 259 g/mol. The second-order valence-corrected chi connectivity index (χ2v) is 5.48. The molecular formula is C15H17NOS. The lowest BCUT2D eigenvalue weighted by Crippen LogP contribution is -1.95. The van der Waals surface area contributed by atoms with Crippen molar-refractivity contribution in [2.45, 2.75) is 36.8 Å². The minimum absolute atomic E-state index is 0.493. The Balaban J connectivity index is 2.31. The fourth-order valence-corrected chi connectivity index (χ4v) is 2.76. The van der Waals surface area contributed by atoms with Gasteiger partial charge in [-0.05, 0) is 50.1 Å². The first-order valence-electron chi connectivity index (χ1n) is 5.96. The first kappa shape index (κ1) is 13.1. The summed E-state index contributed by atoms with van der Waals surface area (Å²) in [7, 11) is 0. The SMILES string of the molecule is Cc1ccc(Sc2ncccc2[C@@H](C)O)cc1C. The predicted octanol–water partition coefficient (Wildman–Crippen LogP) is 3.90. The molecule has 0 amide bonds. The van der Waals surface area contributed by atoms with Gasteiger partial charge in [0.2, 0.25) is 0 Å². The third-order valence-corrected chi connectivity index (χ3v) is 3.97. The van der Waals surface area contributed by atoms with E-state index in [4.69, 9.17) is 0 Å². The van der Waals surface area contributed by atoms with E-state index < -0.39 is 6.10 Å². The average molecular weight is 259 g/mol. The fourth-order valence-electron chi connectivity index (χ4n) is 1.70. The van der Waals surface area contributed by atoms with Crippen molar-refractivity contribution in [3.8, 4) is 0 Å². The molecule has 0 aliphatic heterocycles. The lowest BCUT2D eigenvalue weighted by Gasteiger charge is -2.10. The Bertz CT molecular complexity index is 552. The molecule has 0 saturated carbocycles. The molecule has 2 rings (SSSR count). The number of hydrogen-bond acceptors (Lipinski definition) is 3. The van der Waals surface area contributed by atoms with Gasteiger partial charge in [-0.3, -0.25) is 0 Å². The maximum absolute atomic E-state index is 9.73. The van der Waals surface area contributed by atoms with Gasteiger partial charge in [0.05, 0.1) is 6.10 Å². The Hall–Kier alpha value is -1.32. The van der Waals surface area contributed by atoms with Crippen molar-refractivity contribution in [3.05, 3.63) is 53.2 Å². The third-order valence-electron chi connectivity index (χ3n) is 2.94. The minimum atomic E-state index is -0.493. The van der Waals surface area contributed by atoms with Crippen LogP contribution in [0.5, 0.6) is 0 Å². The molecule has 1 atom stereocenters. The molecule has 3 heteroatoms. The summed E-state index contributed by atoms with van der Waals surface area (Å²) in [5, 5.41) is 10.6. The molecule has 0 spiro atoms. The molecule has 1 aromatic carbocycles. The number of aromatic nitrogens is 1. The summed E-state index contributed by atoms with van der Waals surface area (Å²) in [6.45, 7) is 5.97. The van der Waals surface area contributed by atoms with Crippen LogP contribution in [0.1, 0.15) is 29.7 Å². The smallest absolute Gasteiger partial charge is 0.106 e. The summed E-state index contributed by atoms with van der Waals surface area (Å²) in [6.07, 6.45) is 1.27. The van der Waals surface area contributed by atoms with Crippen LogP contribution in [-0.2, 0) is 0 Å². The van der Waals surface area contributed by atoms with E-state index in [2.05, 4.69) is 37.0 Å². The van der Waals surface area contributed by atoms with E-state index in [0.717, 1.165) is 15.5 Å². The Morgan fingerprint density at radius 2 is 1.94 bits per heavy atom. The van der Waals surface area contributed by atoms with E-state index in [9.17, 15) is 5.11 Å². The molecule has 0 unspecified atom stereocenters. The number of aliphatic hydroxyl groups is 1. The van der Waals surface area contributed by atoms with Gasteiger partial charge in [-0.25, -0.2) is 4.98 Å². The van der Waals surface area contributed by atoms with Gasteiger partial charge in [-0.1, -0.05) is 23.9 Å². The number of aryl methyl sites for hydroxylation is 2. The van der Waals surface area contributed by atoms with E-state index in [1.165, 1.54) is 11.1 Å². The molecule has 1 heterocycles. The molecule has 0 bridgehead atoms. The molecule has 0 aliphatic carbocycles. The Morgan fingerprint density at radius 1 is 1.17 bits per heavy atom. The van der Waals surface area contributed by atoms with Crippen LogP contribution in [0.15, 0.2) is 46.5 Å². The van der Waals surface area contributed by atoms with Crippen molar-refractivity contribution in [2.24, 2.45) is 0 Å². The van der Waals surface area contributed by atoms with Gasteiger partial charge in [0.25, 0.3) is 0 Å². The first-order chi connectivity index (χ1) is 8.58. The molecule has 0 fully saturated rings. The second-order valence-electron chi connectivity index (χ2n) is 4.42. The van der Waals surface area contributed by atoms with Crippen molar-refractivity contribution in [2.75, 3.05) is 0 Å². The van der Waals surface area contributed by atoms with Crippen LogP contribution in [0.3, 0.4) is 0 Å². The van der Waals surface area contributed by atoms with Gasteiger partial charge in [0.15, 0.2) is 0 Å². The van der Waals surface area contributed by atoms with Crippen LogP contribution in [-0.4, -0.2) is 10.1 Å². The van der Waals surface area contributed by atoms with Crippen molar-refractivity contribution in [1.82, 2.24) is 4.98 Å². The van der Waals surface area contributed by atoms with Crippen LogP contribution in [0.2, 0.25) is 0 Å². The first-order valence-corrected chi connectivity index (χ1v) is 6.77. The molecule has 1 aromatic heterocycles. The van der Waals surface area contributed by atoms with E-state index >= 15 is 0 Å². The minimum Gasteiger partial charge on any atom is -0.389 e. The lowest BCUT2D eigenvalue weighted by atomic mass is 10.1. The van der Waals surface area contributed by atoms with E-state index in [1.807, 2.05) is 12.1 Å². The molecule has 2 aromatic rings. The van der Waals surface area contributed by atoms with Gasteiger partial charge in [0.1, 0.15) is 5.03 Å². The highest BCUT2D eigenvalue weighted by Gasteiger charge is 2.10. The predicted molar refractivity (Wildman–Crippen MR) is 74.9 cm³/mol. The summed E-state index contributed by atoms with van der Waals surface area (Å²) < 4.78 is 0. The molecule has 0 saturated heterocycles. The van der Waals surface area contributed by atoms with E-state index in [0.29, 0.717) is 0 Å². The molecule has 1 N–H and O–H groups in total. The molecule has 2 nitrogen and oxygen atoms in total. The van der Waals surface area contributed by atoms with Crippen LogP contribution >= 0.6 is 11.8 Å². The highest BCUT2D eigenvalue weighted by molar-refractivity contribution is 7.99. The van der Waals surface area contributed by atoms with E-state index in [-0.39, 0.29) is 0 Å². The number of nitrogens with zero attached hydrogens (tertiary/aromatic N) is 1. The van der Waals surface area contributed by atoms with E-state index in [1.54, 1.807) is 24.9 Å². The zero-order valence-corrected chi connectivity index (χ0v) is 11.7. The fraction of sp³-hybridized carbons (Fsp3) is 0.267.